The Bertz CT molecular complexity index is 506. The number of aliphatic carboxylic acids is 1. The maximum absolute atomic E-state index is 11.5. The van der Waals surface area contributed by atoms with Gasteiger partial charge in [-0.15, -0.1) is 0 Å². The summed E-state index contributed by atoms with van der Waals surface area (Å²) >= 11 is 0. The summed E-state index contributed by atoms with van der Waals surface area (Å²) in [6.07, 6.45) is 5.71. The molecule has 0 aliphatic heterocycles. The second-order valence-corrected chi connectivity index (χ2v) is 6.68. The molecule has 2 heteroatoms. The number of fused-ring (bicyclic) bond motifs is 3. The molecule has 0 heterocycles. The predicted molar refractivity (Wildman–Crippen MR) is 75.4 cm³/mol. The molecule has 19 heavy (non-hydrogen) atoms. The van der Waals surface area contributed by atoms with Crippen LogP contribution in [0.3, 0.4) is 0 Å². The minimum Gasteiger partial charge on any atom is -0.481 e. The molecule has 1 N–H and O–H groups in total. The molecule has 0 saturated heterocycles. The van der Waals surface area contributed by atoms with Crippen molar-refractivity contribution in [2.24, 2.45) is 5.41 Å². The topological polar surface area (TPSA) is 37.3 Å². The van der Waals surface area contributed by atoms with Gasteiger partial charge in [0.25, 0.3) is 0 Å². The number of hydrogen-bond donors (Lipinski definition) is 1. The Kier molecular flexibility index (Phi) is 2.74. The first-order chi connectivity index (χ1) is 8.97. The highest BCUT2D eigenvalue weighted by Crippen LogP contribution is 2.58. The third kappa shape index (κ3) is 1.80. The Balaban J connectivity index is 1.96. The van der Waals surface area contributed by atoms with Crippen molar-refractivity contribution in [3.05, 3.63) is 34.9 Å². The van der Waals surface area contributed by atoms with E-state index in [-0.39, 0.29) is 5.41 Å². The fourth-order valence-corrected chi connectivity index (χ4v) is 4.22. The number of aryl methyl sites for hydroxylation is 2. The van der Waals surface area contributed by atoms with Crippen LogP contribution in [0.25, 0.3) is 0 Å². The standard InChI is InChI=1S/C17H22O2/c1-12-3-4-13(2)14(11-12)16-5-8-17(9-6-16,10-7-16)15(18)19/h3-4,11H,5-10H2,1-2H3,(H,18,19). The molecule has 3 fully saturated rings. The van der Waals surface area contributed by atoms with Gasteiger partial charge < -0.3 is 5.11 Å². The van der Waals surface area contributed by atoms with E-state index in [1.807, 2.05) is 0 Å². The minimum atomic E-state index is -0.568. The molecule has 0 amide bonds. The van der Waals surface area contributed by atoms with E-state index in [1.54, 1.807) is 0 Å². The molecule has 0 radical (unpaired) electrons. The Hall–Kier alpha value is -1.31. The van der Waals surface area contributed by atoms with E-state index in [0.29, 0.717) is 0 Å². The predicted octanol–water partition coefficient (Wildman–Crippen LogP) is 3.98. The first-order valence-corrected chi connectivity index (χ1v) is 7.29. The highest BCUT2D eigenvalue weighted by atomic mass is 16.4. The number of carbonyl (C=O) groups is 1. The minimum absolute atomic E-state index is 0.257. The molecule has 1 aromatic rings. The van der Waals surface area contributed by atoms with E-state index in [9.17, 15) is 9.90 Å². The fourth-order valence-electron chi connectivity index (χ4n) is 4.22. The molecule has 0 aromatic heterocycles. The number of carboxylic acid groups (broad SMARTS) is 1. The smallest absolute Gasteiger partial charge is 0.309 e. The largest absolute Gasteiger partial charge is 0.481 e. The summed E-state index contributed by atoms with van der Waals surface area (Å²) in [5.41, 5.74) is 4.02. The summed E-state index contributed by atoms with van der Waals surface area (Å²) in [4.78, 5) is 11.5. The second-order valence-electron chi connectivity index (χ2n) is 6.68. The Morgan fingerprint density at radius 3 is 2.16 bits per heavy atom. The second kappa shape index (κ2) is 4.09. The lowest BCUT2D eigenvalue weighted by Crippen LogP contribution is -2.48. The Morgan fingerprint density at radius 1 is 1.05 bits per heavy atom. The van der Waals surface area contributed by atoms with E-state index in [4.69, 9.17) is 0 Å². The van der Waals surface area contributed by atoms with E-state index in [0.717, 1.165) is 38.5 Å². The zero-order chi connectivity index (χ0) is 13.7. The van der Waals surface area contributed by atoms with Gasteiger partial charge in [-0.1, -0.05) is 23.8 Å². The van der Waals surface area contributed by atoms with Gasteiger partial charge in [0.05, 0.1) is 5.41 Å². The van der Waals surface area contributed by atoms with Gasteiger partial charge in [0, 0.05) is 0 Å². The number of benzene rings is 1. The van der Waals surface area contributed by atoms with Crippen molar-refractivity contribution in [2.45, 2.75) is 57.8 Å². The van der Waals surface area contributed by atoms with Crippen molar-refractivity contribution in [3.8, 4) is 0 Å². The van der Waals surface area contributed by atoms with Gasteiger partial charge >= 0.3 is 5.97 Å². The summed E-state index contributed by atoms with van der Waals surface area (Å²) in [5, 5.41) is 9.47. The van der Waals surface area contributed by atoms with Crippen molar-refractivity contribution < 1.29 is 9.90 Å². The summed E-state index contributed by atoms with van der Waals surface area (Å²) in [6.45, 7) is 4.34. The molecule has 0 atom stereocenters. The molecule has 1 aromatic carbocycles. The van der Waals surface area contributed by atoms with E-state index < -0.39 is 11.4 Å². The highest BCUT2D eigenvalue weighted by Gasteiger charge is 2.53. The molecule has 2 nitrogen and oxygen atoms in total. The van der Waals surface area contributed by atoms with Gasteiger partial charge in [0.1, 0.15) is 0 Å². The Labute approximate surface area is 114 Å². The van der Waals surface area contributed by atoms with Crippen LogP contribution in [0.4, 0.5) is 0 Å². The number of rotatable bonds is 2. The summed E-state index contributed by atoms with van der Waals surface area (Å²) in [7, 11) is 0. The maximum Gasteiger partial charge on any atom is 0.309 e. The quantitative estimate of drug-likeness (QED) is 0.871. The summed E-state index contributed by atoms with van der Waals surface area (Å²) in [5.74, 6) is -0.568. The van der Waals surface area contributed by atoms with Crippen LogP contribution in [-0.2, 0) is 10.2 Å². The van der Waals surface area contributed by atoms with Crippen LogP contribution >= 0.6 is 0 Å². The fraction of sp³-hybridized carbons (Fsp3) is 0.588. The van der Waals surface area contributed by atoms with Gasteiger partial charge in [-0.05, 0) is 68.9 Å². The van der Waals surface area contributed by atoms with Crippen molar-refractivity contribution in [1.82, 2.24) is 0 Å². The van der Waals surface area contributed by atoms with Crippen LogP contribution in [0.1, 0.15) is 55.2 Å². The molecular formula is C17H22O2. The monoisotopic (exact) mass is 258 g/mol. The van der Waals surface area contributed by atoms with Crippen molar-refractivity contribution in [1.29, 1.82) is 0 Å². The van der Waals surface area contributed by atoms with Gasteiger partial charge in [-0.25, -0.2) is 0 Å². The van der Waals surface area contributed by atoms with Gasteiger partial charge in [0.15, 0.2) is 0 Å². The van der Waals surface area contributed by atoms with Crippen molar-refractivity contribution in [2.75, 3.05) is 0 Å². The van der Waals surface area contributed by atoms with E-state index in [2.05, 4.69) is 32.0 Å². The summed E-state index contributed by atoms with van der Waals surface area (Å²) in [6, 6.07) is 6.71. The highest BCUT2D eigenvalue weighted by molar-refractivity contribution is 5.75. The van der Waals surface area contributed by atoms with Gasteiger partial charge in [-0.2, -0.15) is 0 Å². The average molecular weight is 258 g/mol. The lowest BCUT2D eigenvalue weighted by atomic mass is 9.51. The molecule has 3 saturated carbocycles. The third-order valence-electron chi connectivity index (χ3n) is 5.66. The lowest BCUT2D eigenvalue weighted by molar-refractivity contribution is -0.156. The first-order valence-electron chi connectivity index (χ1n) is 7.29. The zero-order valence-electron chi connectivity index (χ0n) is 11.8. The first kappa shape index (κ1) is 12.7. The van der Waals surface area contributed by atoms with Crippen molar-refractivity contribution >= 4 is 5.97 Å². The molecular weight excluding hydrogens is 236 g/mol. The maximum atomic E-state index is 11.5. The molecule has 3 aliphatic carbocycles. The molecule has 0 spiro atoms. The molecule has 102 valence electrons. The zero-order valence-corrected chi connectivity index (χ0v) is 11.8. The normalized spacial score (nSPS) is 33.4. The molecule has 2 bridgehead atoms. The third-order valence-corrected chi connectivity index (χ3v) is 5.66. The van der Waals surface area contributed by atoms with Crippen LogP contribution in [0.5, 0.6) is 0 Å². The van der Waals surface area contributed by atoms with Crippen molar-refractivity contribution in [3.63, 3.8) is 0 Å². The van der Waals surface area contributed by atoms with Crippen LogP contribution in [-0.4, -0.2) is 11.1 Å². The van der Waals surface area contributed by atoms with Gasteiger partial charge in [-0.3, -0.25) is 4.79 Å². The van der Waals surface area contributed by atoms with E-state index >= 15 is 0 Å². The average Bonchev–Trinajstić information content (AvgIpc) is 2.43. The van der Waals surface area contributed by atoms with Crippen LogP contribution in [0.2, 0.25) is 0 Å². The van der Waals surface area contributed by atoms with E-state index in [1.165, 1.54) is 16.7 Å². The SMILES string of the molecule is Cc1ccc(C)c(C23CCC(C(=O)O)(CC2)CC3)c1. The lowest BCUT2D eigenvalue weighted by Gasteiger charge is -2.52. The number of carboxylic acids is 1. The van der Waals surface area contributed by atoms with Gasteiger partial charge in [0.2, 0.25) is 0 Å². The van der Waals surface area contributed by atoms with Crippen LogP contribution in [0.15, 0.2) is 18.2 Å². The summed E-state index contributed by atoms with van der Waals surface area (Å²) < 4.78 is 0. The molecule has 4 rings (SSSR count). The Morgan fingerprint density at radius 2 is 1.63 bits per heavy atom. The number of hydrogen-bond acceptors (Lipinski definition) is 1. The van der Waals surface area contributed by atoms with Crippen LogP contribution in [0, 0.1) is 19.3 Å². The van der Waals surface area contributed by atoms with Crippen LogP contribution < -0.4 is 0 Å². The molecule has 0 unspecified atom stereocenters. The molecule has 3 aliphatic rings.